The molecule has 0 fully saturated rings. The standard InChI is InChI=1S/C22H18N4/c23-22-25-21(16-26(22)24-15-17-7-3-1-4-8-17)20-13-11-19(12-14-20)18-9-5-2-6-10-18/h1-16H,(H2,23,25)/b24-15-. The van der Waals surface area contributed by atoms with E-state index in [-0.39, 0.29) is 0 Å². The lowest BCUT2D eigenvalue weighted by atomic mass is 10.0. The Hall–Kier alpha value is -3.66. The van der Waals surface area contributed by atoms with Crippen LogP contribution in [0.4, 0.5) is 5.95 Å². The van der Waals surface area contributed by atoms with Gasteiger partial charge in [0, 0.05) is 5.56 Å². The molecule has 0 saturated heterocycles. The summed E-state index contributed by atoms with van der Waals surface area (Å²) in [5.74, 6) is 0.360. The Morgan fingerprint density at radius 1 is 0.731 bits per heavy atom. The molecule has 26 heavy (non-hydrogen) atoms. The number of hydrogen-bond donors (Lipinski definition) is 1. The van der Waals surface area contributed by atoms with Crippen molar-refractivity contribution in [1.29, 1.82) is 0 Å². The Morgan fingerprint density at radius 2 is 1.31 bits per heavy atom. The van der Waals surface area contributed by atoms with Crippen molar-refractivity contribution in [3.05, 3.63) is 96.7 Å². The quantitative estimate of drug-likeness (QED) is 0.549. The lowest BCUT2D eigenvalue weighted by molar-refractivity contribution is 0.898. The molecule has 0 spiro atoms. The highest BCUT2D eigenvalue weighted by Gasteiger charge is 2.07. The van der Waals surface area contributed by atoms with Gasteiger partial charge in [0.1, 0.15) is 0 Å². The van der Waals surface area contributed by atoms with E-state index >= 15 is 0 Å². The zero-order valence-electron chi connectivity index (χ0n) is 14.2. The fourth-order valence-electron chi connectivity index (χ4n) is 2.75. The van der Waals surface area contributed by atoms with Crippen LogP contribution < -0.4 is 5.73 Å². The molecule has 0 radical (unpaired) electrons. The van der Waals surface area contributed by atoms with Gasteiger partial charge in [-0.1, -0.05) is 84.9 Å². The third-order valence-electron chi connectivity index (χ3n) is 4.13. The molecule has 0 aliphatic rings. The van der Waals surface area contributed by atoms with E-state index in [2.05, 4.69) is 46.5 Å². The minimum Gasteiger partial charge on any atom is -0.368 e. The van der Waals surface area contributed by atoms with E-state index in [0.29, 0.717) is 5.95 Å². The molecule has 0 bridgehead atoms. The van der Waals surface area contributed by atoms with Gasteiger partial charge in [-0.05, 0) is 16.7 Å². The molecule has 0 atom stereocenters. The summed E-state index contributed by atoms with van der Waals surface area (Å²) in [6.07, 6.45) is 3.60. The summed E-state index contributed by atoms with van der Waals surface area (Å²) in [4.78, 5) is 4.42. The third-order valence-corrected chi connectivity index (χ3v) is 4.13. The summed E-state index contributed by atoms with van der Waals surface area (Å²) in [6.45, 7) is 0. The topological polar surface area (TPSA) is 56.2 Å². The number of aromatic nitrogens is 2. The summed E-state index contributed by atoms with van der Waals surface area (Å²) in [6, 6.07) is 28.5. The SMILES string of the molecule is Nc1nc(-c2ccc(-c3ccccc3)cc2)cn1/N=C\c1ccccc1. The molecule has 1 heterocycles. The van der Waals surface area contributed by atoms with E-state index in [9.17, 15) is 0 Å². The molecule has 4 nitrogen and oxygen atoms in total. The van der Waals surface area contributed by atoms with Gasteiger partial charge in [-0.15, -0.1) is 0 Å². The minimum absolute atomic E-state index is 0.360. The average Bonchev–Trinajstić information content (AvgIpc) is 3.09. The van der Waals surface area contributed by atoms with Crippen LogP contribution in [-0.2, 0) is 0 Å². The second-order valence-corrected chi connectivity index (χ2v) is 5.93. The van der Waals surface area contributed by atoms with Crippen LogP contribution in [0.2, 0.25) is 0 Å². The maximum atomic E-state index is 6.00. The second-order valence-electron chi connectivity index (χ2n) is 5.93. The zero-order chi connectivity index (χ0) is 17.8. The number of nitrogens with two attached hydrogens (primary N) is 1. The number of rotatable bonds is 4. The molecule has 0 aliphatic carbocycles. The Labute approximate surface area is 152 Å². The van der Waals surface area contributed by atoms with E-state index in [1.54, 1.807) is 10.9 Å². The first-order valence-corrected chi connectivity index (χ1v) is 8.40. The first-order chi connectivity index (χ1) is 12.8. The van der Waals surface area contributed by atoms with Crippen molar-refractivity contribution in [1.82, 2.24) is 9.66 Å². The zero-order valence-corrected chi connectivity index (χ0v) is 14.2. The van der Waals surface area contributed by atoms with E-state index in [0.717, 1.165) is 16.8 Å². The van der Waals surface area contributed by atoms with Crippen LogP contribution in [0.1, 0.15) is 5.56 Å². The molecule has 2 N–H and O–H groups in total. The van der Waals surface area contributed by atoms with Gasteiger partial charge in [0.15, 0.2) is 0 Å². The molecular weight excluding hydrogens is 320 g/mol. The summed E-state index contributed by atoms with van der Waals surface area (Å²) in [7, 11) is 0. The number of nitrogens with zero attached hydrogens (tertiary/aromatic N) is 3. The van der Waals surface area contributed by atoms with Crippen molar-refractivity contribution in [3.8, 4) is 22.4 Å². The maximum Gasteiger partial charge on any atom is 0.221 e. The smallest absolute Gasteiger partial charge is 0.221 e. The van der Waals surface area contributed by atoms with Crippen molar-refractivity contribution in [2.75, 3.05) is 5.73 Å². The normalized spacial score (nSPS) is 11.1. The van der Waals surface area contributed by atoms with Crippen LogP contribution >= 0.6 is 0 Å². The highest BCUT2D eigenvalue weighted by Crippen LogP contribution is 2.24. The summed E-state index contributed by atoms with van der Waals surface area (Å²) < 4.78 is 1.59. The van der Waals surface area contributed by atoms with Gasteiger partial charge in [-0.25, -0.2) is 9.66 Å². The van der Waals surface area contributed by atoms with Crippen LogP contribution in [0.15, 0.2) is 96.2 Å². The molecule has 0 saturated carbocycles. The molecule has 0 amide bonds. The van der Waals surface area contributed by atoms with Gasteiger partial charge >= 0.3 is 0 Å². The van der Waals surface area contributed by atoms with Crippen LogP contribution in [-0.4, -0.2) is 15.9 Å². The Morgan fingerprint density at radius 3 is 2.00 bits per heavy atom. The van der Waals surface area contributed by atoms with Crippen molar-refractivity contribution in [2.45, 2.75) is 0 Å². The van der Waals surface area contributed by atoms with Crippen molar-refractivity contribution in [3.63, 3.8) is 0 Å². The lowest BCUT2D eigenvalue weighted by Crippen LogP contribution is -1.96. The molecule has 0 unspecified atom stereocenters. The summed E-state index contributed by atoms with van der Waals surface area (Å²) in [5.41, 5.74) is 11.2. The van der Waals surface area contributed by atoms with E-state index < -0.39 is 0 Å². The molecule has 126 valence electrons. The predicted molar refractivity (Wildman–Crippen MR) is 107 cm³/mol. The van der Waals surface area contributed by atoms with E-state index in [1.807, 2.05) is 54.7 Å². The molecule has 4 aromatic rings. The van der Waals surface area contributed by atoms with Crippen molar-refractivity contribution >= 4 is 12.2 Å². The Balaban J connectivity index is 1.58. The number of benzene rings is 3. The Bertz CT molecular complexity index is 1020. The van der Waals surface area contributed by atoms with Gasteiger partial charge in [0.25, 0.3) is 0 Å². The number of nitrogen functional groups attached to an aromatic ring is 1. The molecular formula is C22H18N4. The summed E-state index contributed by atoms with van der Waals surface area (Å²) >= 11 is 0. The first-order valence-electron chi connectivity index (χ1n) is 8.40. The molecule has 1 aromatic heterocycles. The van der Waals surface area contributed by atoms with Crippen LogP contribution in [0, 0.1) is 0 Å². The fraction of sp³-hybridized carbons (Fsp3) is 0. The van der Waals surface area contributed by atoms with Crippen molar-refractivity contribution < 1.29 is 0 Å². The third kappa shape index (κ3) is 3.39. The largest absolute Gasteiger partial charge is 0.368 e. The highest BCUT2D eigenvalue weighted by molar-refractivity contribution is 5.79. The van der Waals surface area contributed by atoms with E-state index in [4.69, 9.17) is 5.73 Å². The monoisotopic (exact) mass is 338 g/mol. The number of anilines is 1. The number of hydrogen-bond acceptors (Lipinski definition) is 3. The minimum atomic E-state index is 0.360. The Kier molecular flexibility index (Phi) is 4.31. The van der Waals surface area contributed by atoms with Gasteiger partial charge in [-0.2, -0.15) is 5.10 Å². The van der Waals surface area contributed by atoms with Crippen molar-refractivity contribution in [2.24, 2.45) is 5.10 Å². The van der Waals surface area contributed by atoms with Crippen LogP contribution in [0.3, 0.4) is 0 Å². The van der Waals surface area contributed by atoms with Crippen LogP contribution in [0.25, 0.3) is 22.4 Å². The highest BCUT2D eigenvalue weighted by atomic mass is 15.4. The summed E-state index contributed by atoms with van der Waals surface area (Å²) in [5, 5.41) is 4.39. The molecule has 4 rings (SSSR count). The lowest BCUT2D eigenvalue weighted by Gasteiger charge is -2.02. The van der Waals surface area contributed by atoms with Gasteiger partial charge < -0.3 is 5.73 Å². The second kappa shape index (κ2) is 7.07. The number of imidazole rings is 1. The average molecular weight is 338 g/mol. The molecule has 4 heteroatoms. The predicted octanol–water partition coefficient (Wildman–Crippen LogP) is 4.68. The van der Waals surface area contributed by atoms with Gasteiger partial charge in [-0.3, -0.25) is 0 Å². The fourth-order valence-corrected chi connectivity index (χ4v) is 2.75. The van der Waals surface area contributed by atoms with Crippen LogP contribution in [0.5, 0.6) is 0 Å². The van der Waals surface area contributed by atoms with Gasteiger partial charge in [0.2, 0.25) is 5.95 Å². The first kappa shape index (κ1) is 15.8. The van der Waals surface area contributed by atoms with E-state index in [1.165, 1.54) is 11.1 Å². The molecule has 0 aliphatic heterocycles. The maximum absolute atomic E-state index is 6.00. The van der Waals surface area contributed by atoms with Gasteiger partial charge in [0.05, 0.1) is 18.1 Å². The molecule has 3 aromatic carbocycles.